The first-order valence-corrected chi connectivity index (χ1v) is 39.5. The van der Waals surface area contributed by atoms with Crippen molar-refractivity contribution in [2.24, 2.45) is 0 Å². The molecule has 1 atom stereocenters. The molecule has 112 heavy (non-hydrogen) atoms. The van der Waals surface area contributed by atoms with Crippen molar-refractivity contribution >= 4 is 56.8 Å². The lowest BCUT2D eigenvalue weighted by atomic mass is 9.70. The lowest BCUT2D eigenvalue weighted by Gasteiger charge is -2.33. The van der Waals surface area contributed by atoms with Gasteiger partial charge in [-0.15, -0.1) is 0 Å². The molecule has 3 nitrogen and oxygen atoms in total. The van der Waals surface area contributed by atoms with Crippen LogP contribution < -0.4 is 14.7 Å². The lowest BCUT2D eigenvalue weighted by molar-refractivity contribution is 0.660. The molecule has 0 saturated heterocycles. The van der Waals surface area contributed by atoms with Gasteiger partial charge in [0.05, 0.1) is 11.1 Å². The molecule has 1 spiro atoms. The van der Waals surface area contributed by atoms with Gasteiger partial charge in [0.25, 0.3) is 0 Å². The van der Waals surface area contributed by atoms with Crippen molar-refractivity contribution < 1.29 is 0 Å². The normalized spacial score (nSPS) is 15.1. The summed E-state index contributed by atoms with van der Waals surface area (Å²) in [6, 6.07) is 142. The van der Waals surface area contributed by atoms with Gasteiger partial charge in [0.15, 0.2) is 0 Å². The van der Waals surface area contributed by atoms with Crippen LogP contribution in [0.1, 0.15) is 90.6 Å². The third-order valence-corrected chi connectivity index (χ3v) is 24.9. The highest BCUT2D eigenvalue weighted by atomic mass is 15.2. The molecule has 0 aromatic heterocycles. The van der Waals surface area contributed by atoms with Crippen LogP contribution in [0.2, 0.25) is 0 Å². The van der Waals surface area contributed by atoms with E-state index in [0.29, 0.717) is 0 Å². The highest BCUT2D eigenvalue weighted by Gasteiger charge is 2.53. The molecule has 21 rings (SSSR count). The van der Waals surface area contributed by atoms with Crippen molar-refractivity contribution in [2.75, 3.05) is 14.7 Å². The number of allylic oxidation sites excluding steroid dienone is 4. The molecule has 0 radical (unpaired) electrons. The van der Waals surface area contributed by atoms with Crippen molar-refractivity contribution in [3.8, 4) is 89.0 Å². The zero-order valence-corrected chi connectivity index (χ0v) is 63.3. The van der Waals surface area contributed by atoms with Gasteiger partial charge >= 0.3 is 0 Å². The van der Waals surface area contributed by atoms with E-state index < -0.39 is 5.41 Å². The average molecular weight is 1430 g/mol. The molecule has 0 saturated carbocycles. The quantitative estimate of drug-likeness (QED) is 0.107. The van der Waals surface area contributed by atoms with E-state index in [0.717, 1.165) is 91.8 Å². The average Bonchev–Trinajstić information content (AvgIpc) is 1.50. The van der Waals surface area contributed by atoms with Crippen LogP contribution in [0.4, 0.5) is 51.2 Å². The van der Waals surface area contributed by atoms with Crippen LogP contribution in [0.15, 0.2) is 394 Å². The maximum Gasteiger partial charge on any atom is 0.0726 e. The molecule has 0 heterocycles. The fourth-order valence-electron chi connectivity index (χ4n) is 19.6. The molecule has 5 aliphatic rings. The summed E-state index contributed by atoms with van der Waals surface area (Å²) in [5.74, 6) is 0. The number of hydrogen-bond donors (Lipinski definition) is 0. The van der Waals surface area contributed by atoms with Gasteiger partial charge in [-0.25, -0.2) is 0 Å². The Kier molecular flexibility index (Phi) is 15.7. The van der Waals surface area contributed by atoms with Gasteiger partial charge < -0.3 is 14.7 Å². The van der Waals surface area contributed by atoms with Gasteiger partial charge in [0.2, 0.25) is 0 Å². The topological polar surface area (TPSA) is 9.72 Å². The minimum Gasteiger partial charge on any atom is -0.310 e. The van der Waals surface area contributed by atoms with E-state index >= 15 is 0 Å². The number of para-hydroxylation sites is 1. The summed E-state index contributed by atoms with van der Waals surface area (Å²) in [6.07, 6.45) is 9.08. The van der Waals surface area contributed by atoms with Crippen LogP contribution in [-0.2, 0) is 16.2 Å². The Labute approximate surface area is 657 Å². The molecule has 16 aromatic carbocycles. The van der Waals surface area contributed by atoms with E-state index in [2.05, 4.69) is 437 Å². The third kappa shape index (κ3) is 10.5. The second-order valence-electron chi connectivity index (χ2n) is 31.7. The maximum absolute atomic E-state index is 2.54. The maximum atomic E-state index is 2.54. The second kappa shape index (κ2) is 26.3. The first-order chi connectivity index (χ1) is 55.1. The molecule has 5 aliphatic carbocycles. The zero-order chi connectivity index (χ0) is 74.8. The van der Waals surface area contributed by atoms with Gasteiger partial charge in [-0.1, -0.05) is 325 Å². The minimum absolute atomic E-state index is 0.251. The molecule has 0 amide bonds. The molecule has 1 unspecified atom stereocenters. The van der Waals surface area contributed by atoms with Crippen molar-refractivity contribution in [2.45, 2.75) is 56.8 Å². The van der Waals surface area contributed by atoms with Gasteiger partial charge in [-0.3, -0.25) is 0 Å². The third-order valence-electron chi connectivity index (χ3n) is 24.9. The molecule has 0 bridgehead atoms. The Balaban J connectivity index is 0.814. The summed E-state index contributed by atoms with van der Waals surface area (Å²) in [7, 11) is 0. The largest absolute Gasteiger partial charge is 0.310 e. The second-order valence-corrected chi connectivity index (χ2v) is 31.7. The number of hydrogen-bond acceptors (Lipinski definition) is 3. The van der Waals surface area contributed by atoms with Gasteiger partial charge in [0.1, 0.15) is 0 Å². The number of fused-ring (bicyclic) bond motifs is 16. The van der Waals surface area contributed by atoms with E-state index in [-0.39, 0.29) is 10.8 Å². The van der Waals surface area contributed by atoms with Crippen LogP contribution in [-0.4, -0.2) is 0 Å². The highest BCUT2D eigenvalue weighted by molar-refractivity contribution is 6.03. The molecule has 532 valence electrons. The predicted molar refractivity (Wildman–Crippen MR) is 470 cm³/mol. The number of benzene rings is 16. The van der Waals surface area contributed by atoms with Crippen molar-refractivity contribution in [3.63, 3.8) is 0 Å². The standard InChI is InChI=1S/C109H81N3/c1-107(2)97-42-22-17-37-90(97)93-63-60-83(69-102(93)107)110(80-54-48-75(49-55-80)72-28-9-5-10-29-72)86-66-79(67-87(68-86)111(81-56-50-76(51-57-81)73-30-11-6-12-31-73)84-61-64-94-91-38-18-23-43-98(91)108(3,4)103(94)70-84)89-41-27-46-101-106(89)96-40-20-25-45-100(96)109(101)99-44-24-19-39-92(99)95-65-62-85(71-104(95)109)112(82-58-52-77(53-59-82)74-32-13-7-14-33-74)105-47-26-21-36-88(105)78-34-15-8-16-35-78/h5,7-11,13-71H,6,12H2,1-4H3. The molecule has 0 fully saturated rings. The first kappa shape index (κ1) is 66.6. The fraction of sp³-hybridized carbons (Fsp3) is 0.0826. The van der Waals surface area contributed by atoms with Crippen LogP contribution >= 0.6 is 0 Å². The van der Waals surface area contributed by atoms with Crippen LogP contribution in [0.3, 0.4) is 0 Å². The van der Waals surface area contributed by atoms with Gasteiger partial charge in [-0.2, -0.15) is 0 Å². The highest BCUT2D eigenvalue weighted by Crippen LogP contribution is 2.66. The Morgan fingerprint density at radius 3 is 1.10 bits per heavy atom. The van der Waals surface area contributed by atoms with Crippen LogP contribution in [0.25, 0.3) is 94.6 Å². The van der Waals surface area contributed by atoms with E-state index in [9.17, 15) is 0 Å². The molecule has 0 aliphatic heterocycles. The lowest BCUT2D eigenvalue weighted by Crippen LogP contribution is -2.26. The Bertz CT molecular complexity index is 6480. The summed E-state index contributed by atoms with van der Waals surface area (Å²) < 4.78 is 0. The Hall–Kier alpha value is -13.6. The SMILES string of the molecule is CC1(C)c2ccccc2-c2ccc(N(c3ccc(C4=CCCC=C4)cc3)c3cc(-c4cccc5c4-c4ccccc4C54c5ccccc5-c5ccc(N(c6ccc(-c7ccccc7)cc6)c6ccccc6-c6ccccc6)cc54)cc(N(c4ccc(-c5ccccc5)cc4)c4ccc5c(c4)C(C)(C)c4ccccc4-5)c3)cc21. The number of rotatable bonds is 14. The Morgan fingerprint density at radius 2 is 0.580 bits per heavy atom. The summed E-state index contributed by atoms with van der Waals surface area (Å²) >= 11 is 0. The van der Waals surface area contributed by atoms with E-state index in [1.165, 1.54) is 117 Å². The van der Waals surface area contributed by atoms with Crippen molar-refractivity contribution in [3.05, 3.63) is 444 Å². The first-order valence-electron chi connectivity index (χ1n) is 39.5. The number of anilines is 9. The van der Waals surface area contributed by atoms with Crippen LogP contribution in [0, 0.1) is 0 Å². The smallest absolute Gasteiger partial charge is 0.0726 e. The van der Waals surface area contributed by atoms with E-state index in [1.54, 1.807) is 0 Å². The minimum atomic E-state index is -0.723. The van der Waals surface area contributed by atoms with Crippen molar-refractivity contribution in [1.29, 1.82) is 0 Å². The van der Waals surface area contributed by atoms with Crippen molar-refractivity contribution in [1.82, 2.24) is 0 Å². The molecule has 3 heteroatoms. The van der Waals surface area contributed by atoms with Gasteiger partial charge in [0, 0.05) is 61.9 Å². The summed E-state index contributed by atoms with van der Waals surface area (Å²) in [4.78, 5) is 7.57. The van der Waals surface area contributed by atoms with Crippen LogP contribution in [0.5, 0.6) is 0 Å². The van der Waals surface area contributed by atoms with E-state index in [1.807, 2.05) is 0 Å². The molecular weight excluding hydrogens is 1350 g/mol. The molecule has 16 aromatic rings. The summed E-state index contributed by atoms with van der Waals surface area (Å²) in [5, 5.41) is 0. The van der Waals surface area contributed by atoms with E-state index in [4.69, 9.17) is 0 Å². The Morgan fingerprint density at radius 1 is 0.214 bits per heavy atom. The summed E-state index contributed by atoms with van der Waals surface area (Å²) in [5.41, 5.74) is 40.7. The fourth-order valence-corrected chi connectivity index (χ4v) is 19.6. The zero-order valence-electron chi connectivity index (χ0n) is 63.3. The monoisotopic (exact) mass is 1430 g/mol. The van der Waals surface area contributed by atoms with Gasteiger partial charge in [-0.05, 0) is 249 Å². The number of nitrogens with zero attached hydrogens (tertiary/aromatic N) is 3. The molecular formula is C109H81N3. The molecule has 0 N–H and O–H groups in total. The predicted octanol–water partition coefficient (Wildman–Crippen LogP) is 29.5. The summed E-state index contributed by atoms with van der Waals surface area (Å²) in [6.45, 7) is 9.59.